The van der Waals surface area contributed by atoms with Gasteiger partial charge in [-0.3, -0.25) is 9.59 Å². The Morgan fingerprint density at radius 2 is 1.85 bits per heavy atom. The number of benzene rings is 1. The molecule has 27 heavy (non-hydrogen) atoms. The first-order chi connectivity index (χ1) is 13.0. The van der Waals surface area contributed by atoms with Crippen molar-refractivity contribution < 1.29 is 19.4 Å². The van der Waals surface area contributed by atoms with E-state index in [9.17, 15) is 14.7 Å². The van der Waals surface area contributed by atoms with Crippen molar-refractivity contribution in [1.29, 1.82) is 0 Å². The normalized spacial score (nSPS) is 24.4. The van der Waals surface area contributed by atoms with Crippen LogP contribution in [0, 0.1) is 5.92 Å². The van der Waals surface area contributed by atoms with E-state index >= 15 is 0 Å². The summed E-state index contributed by atoms with van der Waals surface area (Å²) in [7, 11) is 0. The Kier molecular flexibility index (Phi) is 6.88. The Bertz CT molecular complexity index is 688. The first-order valence-corrected chi connectivity index (χ1v) is 9.66. The van der Waals surface area contributed by atoms with Gasteiger partial charge in [-0.15, -0.1) is 0 Å². The van der Waals surface area contributed by atoms with Crippen LogP contribution in [0.25, 0.3) is 0 Å². The van der Waals surface area contributed by atoms with Crippen LogP contribution in [0.3, 0.4) is 0 Å². The van der Waals surface area contributed by atoms with Gasteiger partial charge in [-0.2, -0.15) is 0 Å². The topological polar surface area (TPSA) is 87.7 Å². The van der Waals surface area contributed by atoms with E-state index in [4.69, 9.17) is 16.3 Å². The molecule has 1 aliphatic heterocycles. The van der Waals surface area contributed by atoms with Crippen LogP contribution in [0.4, 0.5) is 0 Å². The molecule has 3 N–H and O–H groups in total. The lowest BCUT2D eigenvalue weighted by molar-refractivity contribution is -0.128. The van der Waals surface area contributed by atoms with E-state index < -0.39 is 12.2 Å². The maximum absolute atomic E-state index is 12.2. The fourth-order valence-electron chi connectivity index (χ4n) is 3.02. The smallest absolute Gasteiger partial charge is 0.223 e. The molecule has 1 aliphatic carbocycles. The summed E-state index contributed by atoms with van der Waals surface area (Å²) < 4.78 is 5.78. The highest BCUT2D eigenvalue weighted by atomic mass is 35.5. The fourth-order valence-corrected chi connectivity index (χ4v) is 3.15. The Hall–Kier alpha value is -1.89. The van der Waals surface area contributed by atoms with Gasteiger partial charge in [-0.1, -0.05) is 35.9 Å². The summed E-state index contributed by atoms with van der Waals surface area (Å²) in [5.74, 6) is 0.337. The molecule has 3 atom stereocenters. The van der Waals surface area contributed by atoms with Crippen LogP contribution in [0.1, 0.15) is 31.2 Å². The van der Waals surface area contributed by atoms with Gasteiger partial charge in [0.2, 0.25) is 11.8 Å². The minimum atomic E-state index is -0.549. The number of hydrogen-bond acceptors (Lipinski definition) is 4. The lowest BCUT2D eigenvalue weighted by Crippen LogP contribution is -2.49. The number of amides is 2. The van der Waals surface area contributed by atoms with Gasteiger partial charge in [0, 0.05) is 18.0 Å². The molecule has 0 spiro atoms. The molecule has 0 aromatic heterocycles. The van der Waals surface area contributed by atoms with Crippen molar-refractivity contribution in [2.45, 2.75) is 50.5 Å². The molecule has 7 heteroatoms. The van der Waals surface area contributed by atoms with Gasteiger partial charge in [0.15, 0.2) is 0 Å². The second-order valence-electron chi connectivity index (χ2n) is 7.13. The lowest BCUT2D eigenvalue weighted by atomic mass is 10.0. The predicted octanol–water partition coefficient (Wildman–Crippen LogP) is 1.95. The summed E-state index contributed by atoms with van der Waals surface area (Å²) in [6.07, 6.45) is 5.52. The number of halogens is 1. The lowest BCUT2D eigenvalue weighted by Gasteiger charge is -2.31. The standard InChI is InChI=1S/C20H25ClN2O4/c21-15-5-3-14(4-6-15)11-22-19(25)10-16-7-8-17(18(12-24)27-16)23-20(26)9-13-1-2-13/h3-8,13,16-18,24H,1-2,9-12H2,(H,22,25)(H,23,26)/t16-,17+,18-/m1/s1. The molecule has 0 radical (unpaired) electrons. The second kappa shape index (κ2) is 9.35. The van der Waals surface area contributed by atoms with E-state index in [1.807, 2.05) is 18.2 Å². The fraction of sp³-hybridized carbons (Fsp3) is 0.500. The van der Waals surface area contributed by atoms with Crippen LogP contribution < -0.4 is 10.6 Å². The molecule has 0 saturated heterocycles. The van der Waals surface area contributed by atoms with Crippen LogP contribution >= 0.6 is 11.6 Å². The number of hydrogen-bond donors (Lipinski definition) is 3. The van der Waals surface area contributed by atoms with Crippen molar-refractivity contribution in [3.63, 3.8) is 0 Å². The number of carbonyl (C=O) groups excluding carboxylic acids is 2. The number of carbonyl (C=O) groups is 2. The van der Waals surface area contributed by atoms with Crippen molar-refractivity contribution in [3.8, 4) is 0 Å². The number of aliphatic hydroxyl groups excluding tert-OH is 1. The van der Waals surface area contributed by atoms with Crippen LogP contribution in [-0.2, 0) is 20.9 Å². The third-order valence-corrected chi connectivity index (χ3v) is 5.00. The third kappa shape index (κ3) is 6.34. The summed E-state index contributed by atoms with van der Waals surface area (Å²) >= 11 is 5.84. The molecule has 1 aromatic rings. The molecule has 0 bridgehead atoms. The van der Waals surface area contributed by atoms with E-state index in [1.54, 1.807) is 18.2 Å². The molecule has 1 aromatic carbocycles. The quantitative estimate of drug-likeness (QED) is 0.590. The first kappa shape index (κ1) is 19.9. The molecule has 0 unspecified atom stereocenters. The zero-order chi connectivity index (χ0) is 19.2. The molecule has 1 fully saturated rings. The first-order valence-electron chi connectivity index (χ1n) is 9.28. The molecule has 3 rings (SSSR count). The molecule has 2 amide bonds. The highest BCUT2D eigenvalue weighted by molar-refractivity contribution is 6.30. The summed E-state index contributed by atoms with van der Waals surface area (Å²) in [6.45, 7) is 0.192. The average Bonchev–Trinajstić information content (AvgIpc) is 3.46. The summed E-state index contributed by atoms with van der Waals surface area (Å²) in [5.41, 5.74) is 0.958. The number of ether oxygens (including phenoxy) is 1. The second-order valence-corrected chi connectivity index (χ2v) is 7.57. The molecular weight excluding hydrogens is 368 g/mol. The van der Waals surface area contributed by atoms with Gasteiger partial charge in [-0.25, -0.2) is 0 Å². The van der Waals surface area contributed by atoms with Gasteiger partial charge in [0.1, 0.15) is 6.10 Å². The van der Waals surface area contributed by atoms with Crippen molar-refractivity contribution in [1.82, 2.24) is 10.6 Å². The molecule has 2 aliphatic rings. The summed E-state index contributed by atoms with van der Waals surface area (Å²) in [5, 5.41) is 16.0. The zero-order valence-electron chi connectivity index (χ0n) is 15.1. The highest BCUT2D eigenvalue weighted by Crippen LogP contribution is 2.32. The van der Waals surface area contributed by atoms with Crippen LogP contribution in [-0.4, -0.2) is 41.8 Å². The van der Waals surface area contributed by atoms with Crippen molar-refractivity contribution in [3.05, 3.63) is 47.0 Å². The zero-order valence-corrected chi connectivity index (χ0v) is 15.8. The third-order valence-electron chi connectivity index (χ3n) is 4.75. The van der Waals surface area contributed by atoms with Crippen LogP contribution in [0.2, 0.25) is 5.02 Å². The van der Waals surface area contributed by atoms with Crippen LogP contribution in [0.5, 0.6) is 0 Å². The van der Waals surface area contributed by atoms with Gasteiger partial charge < -0.3 is 20.5 Å². The number of aliphatic hydroxyl groups is 1. The molecule has 6 nitrogen and oxygen atoms in total. The Morgan fingerprint density at radius 3 is 2.52 bits per heavy atom. The Balaban J connectivity index is 1.45. The van der Waals surface area contributed by atoms with Crippen LogP contribution in [0.15, 0.2) is 36.4 Å². The molecule has 1 saturated carbocycles. The van der Waals surface area contributed by atoms with Gasteiger partial charge in [0.05, 0.1) is 25.2 Å². The van der Waals surface area contributed by atoms with Crippen molar-refractivity contribution in [2.24, 2.45) is 5.92 Å². The Morgan fingerprint density at radius 1 is 1.11 bits per heavy atom. The number of rotatable bonds is 8. The van der Waals surface area contributed by atoms with Crippen molar-refractivity contribution >= 4 is 23.4 Å². The van der Waals surface area contributed by atoms with E-state index in [0.29, 0.717) is 23.9 Å². The van der Waals surface area contributed by atoms with Gasteiger partial charge in [0.25, 0.3) is 0 Å². The average molecular weight is 393 g/mol. The summed E-state index contributed by atoms with van der Waals surface area (Å²) in [4.78, 5) is 24.1. The minimum absolute atomic E-state index is 0.0200. The van der Waals surface area contributed by atoms with E-state index in [2.05, 4.69) is 10.6 Å². The van der Waals surface area contributed by atoms with Crippen molar-refractivity contribution in [2.75, 3.05) is 6.61 Å². The molecule has 1 heterocycles. The van der Waals surface area contributed by atoms with E-state index in [-0.39, 0.29) is 30.9 Å². The monoisotopic (exact) mass is 392 g/mol. The largest absolute Gasteiger partial charge is 0.394 e. The maximum Gasteiger partial charge on any atom is 0.223 e. The predicted molar refractivity (Wildman–Crippen MR) is 102 cm³/mol. The van der Waals surface area contributed by atoms with Gasteiger partial charge >= 0.3 is 0 Å². The molecule has 146 valence electrons. The minimum Gasteiger partial charge on any atom is -0.394 e. The Labute approximate surface area is 163 Å². The molecular formula is C20H25ClN2O4. The number of nitrogens with one attached hydrogen (secondary N) is 2. The maximum atomic E-state index is 12.2. The van der Waals surface area contributed by atoms with E-state index in [1.165, 1.54) is 0 Å². The van der Waals surface area contributed by atoms with Gasteiger partial charge in [-0.05, 0) is 36.5 Å². The SMILES string of the molecule is O=C(C[C@H]1C=C[C@H](NC(=O)CC2CC2)[C@@H](CO)O1)NCc1ccc(Cl)cc1. The summed E-state index contributed by atoms with van der Waals surface area (Å²) in [6, 6.07) is 6.90. The van der Waals surface area contributed by atoms with E-state index in [0.717, 1.165) is 18.4 Å². The highest BCUT2D eigenvalue weighted by Gasteiger charge is 2.31.